The van der Waals surface area contributed by atoms with Crippen molar-refractivity contribution in [2.75, 3.05) is 0 Å². The van der Waals surface area contributed by atoms with Gasteiger partial charge in [0, 0.05) is 32.1 Å². The minimum Gasteiger partial charge on any atom is -0.305 e. The monoisotopic (exact) mass is 194 g/mol. The molecule has 1 N–H and O–H groups in total. The molecule has 0 bridgehead atoms. The minimum absolute atomic E-state index is 0.0416. The van der Waals surface area contributed by atoms with Crippen LogP contribution in [0.15, 0.2) is 6.20 Å². The Morgan fingerprint density at radius 1 is 1.57 bits per heavy atom. The quantitative estimate of drug-likeness (QED) is 0.693. The van der Waals surface area contributed by atoms with Crippen molar-refractivity contribution >= 4 is 5.78 Å². The van der Waals surface area contributed by atoms with Gasteiger partial charge in [0.05, 0.1) is 6.04 Å². The summed E-state index contributed by atoms with van der Waals surface area (Å²) in [5, 5.41) is 11.2. The molecule has 0 saturated carbocycles. The van der Waals surface area contributed by atoms with Crippen molar-refractivity contribution in [3.05, 3.63) is 11.9 Å². The molecular formula is C9H14N4O. The first-order valence-electron chi connectivity index (χ1n) is 4.79. The summed E-state index contributed by atoms with van der Waals surface area (Å²) in [5.74, 6) is 0.298. The van der Waals surface area contributed by atoms with Crippen molar-refractivity contribution in [2.45, 2.75) is 31.8 Å². The molecule has 0 amide bonds. The van der Waals surface area contributed by atoms with Gasteiger partial charge in [-0.2, -0.15) is 0 Å². The molecule has 1 fully saturated rings. The number of hydrogen-bond acceptors (Lipinski definition) is 4. The highest BCUT2D eigenvalue weighted by molar-refractivity contribution is 5.80. The van der Waals surface area contributed by atoms with E-state index in [0.29, 0.717) is 18.6 Å². The van der Waals surface area contributed by atoms with E-state index in [1.165, 1.54) is 0 Å². The first kappa shape index (κ1) is 9.33. The molecule has 1 saturated heterocycles. The van der Waals surface area contributed by atoms with Crippen LogP contribution in [-0.4, -0.2) is 26.8 Å². The maximum Gasteiger partial charge on any atom is 0.136 e. The van der Waals surface area contributed by atoms with Gasteiger partial charge in [0.25, 0.3) is 0 Å². The number of aromatic nitrogens is 3. The molecule has 1 aromatic rings. The molecule has 5 nitrogen and oxygen atoms in total. The van der Waals surface area contributed by atoms with Crippen LogP contribution in [0.4, 0.5) is 0 Å². The first-order valence-corrected chi connectivity index (χ1v) is 4.79. The lowest BCUT2D eigenvalue weighted by molar-refractivity contribution is -0.121. The van der Waals surface area contributed by atoms with Gasteiger partial charge in [-0.15, -0.1) is 5.10 Å². The van der Waals surface area contributed by atoms with Crippen LogP contribution in [0, 0.1) is 0 Å². The normalized spacial score (nSPS) is 28.0. The van der Waals surface area contributed by atoms with Crippen molar-refractivity contribution in [1.29, 1.82) is 0 Å². The van der Waals surface area contributed by atoms with Crippen molar-refractivity contribution in [1.82, 2.24) is 20.3 Å². The molecule has 2 heterocycles. The van der Waals surface area contributed by atoms with Gasteiger partial charge in [-0.3, -0.25) is 9.48 Å². The number of hydrogen-bond donors (Lipinski definition) is 1. The summed E-state index contributed by atoms with van der Waals surface area (Å²) in [6, 6.07) is 0.281. The minimum atomic E-state index is 0.0416. The maximum absolute atomic E-state index is 11.4. The predicted octanol–water partition coefficient (Wildman–Crippen LogP) is 0.197. The molecule has 1 unspecified atom stereocenters. The highest BCUT2D eigenvalue weighted by atomic mass is 16.1. The number of aryl methyl sites for hydroxylation is 1. The molecule has 2 atom stereocenters. The number of rotatable bonds is 1. The molecule has 1 aliphatic rings. The topological polar surface area (TPSA) is 59.8 Å². The molecule has 2 rings (SSSR count). The lowest BCUT2D eigenvalue weighted by Gasteiger charge is -2.26. The standard InChI is InChI=1S/C9H14N4O/c1-6-3-7(14)4-8(10-6)9-5-13(2)12-11-9/h5-6,8,10H,3-4H2,1-2H3/t6-,8?/m0/s1. The van der Waals surface area contributed by atoms with Gasteiger partial charge < -0.3 is 5.32 Å². The summed E-state index contributed by atoms with van der Waals surface area (Å²) in [6.45, 7) is 2.01. The maximum atomic E-state index is 11.4. The molecule has 14 heavy (non-hydrogen) atoms. The summed E-state index contributed by atoms with van der Waals surface area (Å²) in [4.78, 5) is 11.4. The number of ketones is 1. The summed E-state index contributed by atoms with van der Waals surface area (Å²) in [5.41, 5.74) is 0.854. The average Bonchev–Trinajstić information content (AvgIpc) is 2.50. The zero-order chi connectivity index (χ0) is 10.1. The number of Topliss-reactive ketones (excluding diaryl/α,β-unsaturated/α-hetero) is 1. The van der Waals surface area contributed by atoms with Crippen molar-refractivity contribution < 1.29 is 4.79 Å². The molecule has 0 radical (unpaired) electrons. The van der Waals surface area contributed by atoms with Crippen LogP contribution in [0.3, 0.4) is 0 Å². The third-order valence-corrected chi connectivity index (χ3v) is 2.43. The lowest BCUT2D eigenvalue weighted by Crippen LogP contribution is -2.39. The number of nitrogens with zero attached hydrogens (tertiary/aromatic N) is 3. The second-order valence-electron chi connectivity index (χ2n) is 3.88. The molecule has 76 valence electrons. The average molecular weight is 194 g/mol. The van der Waals surface area contributed by atoms with Gasteiger partial charge in [-0.25, -0.2) is 0 Å². The Labute approximate surface area is 82.5 Å². The van der Waals surface area contributed by atoms with Gasteiger partial charge in [0.2, 0.25) is 0 Å². The highest BCUT2D eigenvalue weighted by Gasteiger charge is 2.26. The Kier molecular flexibility index (Phi) is 2.33. The summed E-state index contributed by atoms with van der Waals surface area (Å²) in [7, 11) is 1.82. The van der Waals surface area contributed by atoms with Gasteiger partial charge in [0.15, 0.2) is 0 Å². The Balaban J connectivity index is 2.14. The lowest BCUT2D eigenvalue weighted by atomic mass is 9.97. The third kappa shape index (κ3) is 1.82. The Morgan fingerprint density at radius 3 is 2.93 bits per heavy atom. The molecule has 0 aromatic carbocycles. The Bertz CT molecular complexity index is 346. The zero-order valence-electron chi connectivity index (χ0n) is 8.40. The number of nitrogens with one attached hydrogen (secondary N) is 1. The fourth-order valence-electron chi connectivity index (χ4n) is 1.83. The van der Waals surface area contributed by atoms with E-state index in [0.717, 1.165) is 5.69 Å². The van der Waals surface area contributed by atoms with E-state index in [-0.39, 0.29) is 12.1 Å². The molecule has 1 aromatic heterocycles. The summed E-state index contributed by atoms with van der Waals surface area (Å²) in [6.07, 6.45) is 3.00. The van der Waals surface area contributed by atoms with E-state index in [1.54, 1.807) is 4.68 Å². The smallest absolute Gasteiger partial charge is 0.136 e. The summed E-state index contributed by atoms with van der Waals surface area (Å²) < 4.78 is 1.65. The number of carbonyl (C=O) groups excluding carboxylic acids is 1. The summed E-state index contributed by atoms with van der Waals surface area (Å²) >= 11 is 0. The molecular weight excluding hydrogens is 180 g/mol. The van der Waals surface area contributed by atoms with E-state index in [2.05, 4.69) is 15.6 Å². The van der Waals surface area contributed by atoms with E-state index < -0.39 is 0 Å². The van der Waals surface area contributed by atoms with E-state index in [9.17, 15) is 4.79 Å². The zero-order valence-corrected chi connectivity index (χ0v) is 8.40. The third-order valence-electron chi connectivity index (χ3n) is 2.43. The Morgan fingerprint density at radius 2 is 2.36 bits per heavy atom. The van der Waals surface area contributed by atoms with Crippen LogP contribution in [0.1, 0.15) is 31.5 Å². The van der Waals surface area contributed by atoms with Gasteiger partial charge in [0.1, 0.15) is 11.5 Å². The van der Waals surface area contributed by atoms with Gasteiger partial charge >= 0.3 is 0 Å². The largest absolute Gasteiger partial charge is 0.305 e. The number of piperidine rings is 1. The SMILES string of the molecule is C[C@H]1CC(=O)CC(c2cn(C)nn2)N1. The number of carbonyl (C=O) groups is 1. The van der Waals surface area contributed by atoms with Crippen LogP contribution in [0.25, 0.3) is 0 Å². The van der Waals surface area contributed by atoms with Crippen LogP contribution in [0.5, 0.6) is 0 Å². The Hall–Kier alpha value is -1.23. The van der Waals surface area contributed by atoms with Crippen LogP contribution < -0.4 is 5.32 Å². The molecule has 5 heteroatoms. The van der Waals surface area contributed by atoms with Gasteiger partial charge in [-0.05, 0) is 6.92 Å². The van der Waals surface area contributed by atoms with E-state index in [1.807, 2.05) is 20.2 Å². The molecule has 1 aliphatic heterocycles. The predicted molar refractivity (Wildman–Crippen MR) is 50.6 cm³/mol. The second kappa shape index (κ2) is 3.49. The fraction of sp³-hybridized carbons (Fsp3) is 0.667. The van der Waals surface area contributed by atoms with Crippen molar-refractivity contribution in [3.63, 3.8) is 0 Å². The van der Waals surface area contributed by atoms with E-state index in [4.69, 9.17) is 0 Å². The van der Waals surface area contributed by atoms with Crippen molar-refractivity contribution in [2.24, 2.45) is 7.05 Å². The second-order valence-corrected chi connectivity index (χ2v) is 3.88. The first-order chi connectivity index (χ1) is 6.65. The molecule has 0 spiro atoms. The van der Waals surface area contributed by atoms with Crippen LogP contribution in [-0.2, 0) is 11.8 Å². The van der Waals surface area contributed by atoms with Crippen LogP contribution >= 0.6 is 0 Å². The van der Waals surface area contributed by atoms with Gasteiger partial charge in [-0.1, -0.05) is 5.21 Å². The fourth-order valence-corrected chi connectivity index (χ4v) is 1.83. The van der Waals surface area contributed by atoms with Crippen LogP contribution in [0.2, 0.25) is 0 Å². The van der Waals surface area contributed by atoms with E-state index >= 15 is 0 Å². The molecule has 0 aliphatic carbocycles. The van der Waals surface area contributed by atoms with Crippen molar-refractivity contribution in [3.8, 4) is 0 Å². The highest BCUT2D eigenvalue weighted by Crippen LogP contribution is 2.21.